The molecular formula is C22H25N3O3S. The number of aryl methyl sites for hydroxylation is 1. The quantitative estimate of drug-likeness (QED) is 0.377. The van der Waals surface area contributed by atoms with Crippen molar-refractivity contribution in [3.05, 3.63) is 53.6 Å². The first-order valence-electron chi connectivity index (χ1n) is 9.45. The third-order valence-electron chi connectivity index (χ3n) is 4.48. The molecule has 0 fully saturated rings. The number of thioether (sulfide) groups is 1. The highest BCUT2D eigenvalue weighted by Gasteiger charge is 2.17. The molecule has 29 heavy (non-hydrogen) atoms. The minimum Gasteiger partial charge on any atom is -0.493 e. The van der Waals surface area contributed by atoms with E-state index in [2.05, 4.69) is 40.7 Å². The van der Waals surface area contributed by atoms with Gasteiger partial charge >= 0.3 is 0 Å². The number of methoxy groups -OCH3 is 2. The van der Waals surface area contributed by atoms with Crippen LogP contribution in [0.4, 0.5) is 0 Å². The van der Waals surface area contributed by atoms with Crippen LogP contribution in [-0.2, 0) is 6.54 Å². The van der Waals surface area contributed by atoms with Gasteiger partial charge in [0.2, 0.25) is 0 Å². The Labute approximate surface area is 175 Å². The fourth-order valence-electron chi connectivity index (χ4n) is 3.04. The maximum Gasteiger partial charge on any atom is 0.191 e. The van der Waals surface area contributed by atoms with Gasteiger partial charge in [0.1, 0.15) is 0 Å². The molecule has 0 aliphatic rings. The van der Waals surface area contributed by atoms with E-state index in [-0.39, 0.29) is 11.5 Å². The van der Waals surface area contributed by atoms with Crippen molar-refractivity contribution < 1.29 is 14.3 Å². The lowest BCUT2D eigenvalue weighted by molar-refractivity contribution is 0.102. The highest BCUT2D eigenvalue weighted by atomic mass is 32.2. The first kappa shape index (κ1) is 20.9. The van der Waals surface area contributed by atoms with E-state index < -0.39 is 0 Å². The molecule has 0 unspecified atom stereocenters. The molecule has 3 aromatic rings. The van der Waals surface area contributed by atoms with Gasteiger partial charge in [0.25, 0.3) is 0 Å². The molecule has 0 saturated carbocycles. The lowest BCUT2D eigenvalue weighted by atomic mass is 10.1. The number of nitrogens with zero attached hydrogens (tertiary/aromatic N) is 3. The Morgan fingerprint density at radius 2 is 1.86 bits per heavy atom. The van der Waals surface area contributed by atoms with Crippen LogP contribution >= 0.6 is 11.8 Å². The van der Waals surface area contributed by atoms with Crippen LogP contribution in [0.2, 0.25) is 0 Å². The molecule has 1 heterocycles. The van der Waals surface area contributed by atoms with Crippen molar-refractivity contribution in [2.75, 3.05) is 20.0 Å². The second kappa shape index (κ2) is 9.60. The fraction of sp³-hybridized carbons (Fsp3) is 0.318. The van der Waals surface area contributed by atoms with Crippen LogP contribution in [0.3, 0.4) is 0 Å². The summed E-state index contributed by atoms with van der Waals surface area (Å²) >= 11 is 1.40. The molecule has 3 rings (SSSR count). The van der Waals surface area contributed by atoms with Gasteiger partial charge in [0, 0.05) is 17.7 Å². The molecule has 0 amide bonds. The topological polar surface area (TPSA) is 66.2 Å². The van der Waals surface area contributed by atoms with E-state index in [4.69, 9.17) is 9.47 Å². The Balaban J connectivity index is 1.79. The summed E-state index contributed by atoms with van der Waals surface area (Å²) in [7, 11) is 3.13. The molecule has 0 N–H and O–H groups in total. The summed E-state index contributed by atoms with van der Waals surface area (Å²) in [4.78, 5) is 12.7. The van der Waals surface area contributed by atoms with Crippen LogP contribution in [-0.4, -0.2) is 40.5 Å². The molecule has 2 aromatic carbocycles. The molecular weight excluding hydrogens is 386 g/mol. The molecule has 0 aliphatic carbocycles. The van der Waals surface area contributed by atoms with E-state index in [1.807, 2.05) is 12.1 Å². The lowest BCUT2D eigenvalue weighted by Crippen LogP contribution is -2.06. The van der Waals surface area contributed by atoms with Crippen LogP contribution in [0.15, 0.2) is 47.6 Å². The second-order valence-electron chi connectivity index (χ2n) is 6.61. The molecule has 0 aliphatic heterocycles. The number of rotatable bonds is 9. The molecule has 0 radical (unpaired) electrons. The number of ether oxygens (including phenoxy) is 2. The van der Waals surface area contributed by atoms with Gasteiger partial charge in [-0.15, -0.1) is 10.2 Å². The van der Waals surface area contributed by atoms with Crippen LogP contribution in [0.5, 0.6) is 11.5 Å². The summed E-state index contributed by atoms with van der Waals surface area (Å²) in [5.41, 5.74) is 2.78. The number of aromatic nitrogens is 3. The van der Waals surface area contributed by atoms with Gasteiger partial charge in [-0.05, 0) is 37.6 Å². The van der Waals surface area contributed by atoms with E-state index in [0.29, 0.717) is 17.1 Å². The SMILES string of the molecule is CCCn1c(SCC(=O)c2ccc(OC)c(OC)c2)nnc1-c1cccc(C)c1. The van der Waals surface area contributed by atoms with Gasteiger partial charge < -0.3 is 14.0 Å². The minimum atomic E-state index is -0.000827. The Morgan fingerprint density at radius 1 is 1.07 bits per heavy atom. The van der Waals surface area contributed by atoms with Crippen molar-refractivity contribution in [2.24, 2.45) is 0 Å². The van der Waals surface area contributed by atoms with Gasteiger partial charge in [-0.3, -0.25) is 4.79 Å². The summed E-state index contributed by atoms with van der Waals surface area (Å²) in [5.74, 6) is 2.24. The number of carbonyl (C=O) groups is 1. The van der Waals surface area contributed by atoms with Gasteiger partial charge in [-0.25, -0.2) is 0 Å². The zero-order valence-corrected chi connectivity index (χ0v) is 18.0. The predicted molar refractivity (Wildman–Crippen MR) is 115 cm³/mol. The number of ketones is 1. The Morgan fingerprint density at radius 3 is 2.55 bits per heavy atom. The number of Topliss-reactive ketones (excluding diaryl/α,β-unsaturated/α-hetero) is 1. The smallest absolute Gasteiger partial charge is 0.191 e. The van der Waals surface area contributed by atoms with Crippen molar-refractivity contribution in [2.45, 2.75) is 32.0 Å². The van der Waals surface area contributed by atoms with Gasteiger partial charge in [-0.2, -0.15) is 0 Å². The molecule has 6 nitrogen and oxygen atoms in total. The highest BCUT2D eigenvalue weighted by Crippen LogP contribution is 2.29. The standard InChI is InChI=1S/C22H25N3O3S/c1-5-11-25-21(17-8-6-7-15(2)12-17)23-24-22(25)29-14-18(26)16-9-10-19(27-3)20(13-16)28-4/h6-10,12-13H,5,11,14H2,1-4H3. The van der Waals surface area contributed by atoms with E-state index in [0.717, 1.165) is 29.5 Å². The Bertz CT molecular complexity index is 1000. The van der Waals surface area contributed by atoms with Crippen LogP contribution in [0.25, 0.3) is 11.4 Å². The van der Waals surface area contributed by atoms with Crippen molar-refractivity contribution >= 4 is 17.5 Å². The summed E-state index contributed by atoms with van der Waals surface area (Å²) in [6.07, 6.45) is 0.952. The molecule has 0 spiro atoms. The van der Waals surface area contributed by atoms with E-state index >= 15 is 0 Å². The van der Waals surface area contributed by atoms with Crippen molar-refractivity contribution in [1.29, 1.82) is 0 Å². The largest absolute Gasteiger partial charge is 0.493 e. The van der Waals surface area contributed by atoms with Crippen LogP contribution < -0.4 is 9.47 Å². The fourth-order valence-corrected chi connectivity index (χ4v) is 3.90. The highest BCUT2D eigenvalue weighted by molar-refractivity contribution is 7.99. The maximum absolute atomic E-state index is 12.7. The van der Waals surface area contributed by atoms with Gasteiger partial charge in [0.15, 0.2) is 28.3 Å². The number of carbonyl (C=O) groups excluding carboxylic acids is 1. The Hall–Kier alpha value is -2.80. The van der Waals surface area contributed by atoms with Gasteiger partial charge in [-0.1, -0.05) is 42.4 Å². The predicted octanol–water partition coefficient (Wildman–Crippen LogP) is 4.66. The lowest BCUT2D eigenvalue weighted by Gasteiger charge is -2.10. The third kappa shape index (κ3) is 4.79. The molecule has 0 saturated heterocycles. The minimum absolute atomic E-state index is 0.000827. The van der Waals surface area contributed by atoms with Crippen LogP contribution in [0.1, 0.15) is 29.3 Å². The number of benzene rings is 2. The number of hydrogen-bond acceptors (Lipinski definition) is 6. The van der Waals surface area contributed by atoms with E-state index in [1.54, 1.807) is 32.4 Å². The maximum atomic E-state index is 12.7. The third-order valence-corrected chi connectivity index (χ3v) is 5.44. The first-order chi connectivity index (χ1) is 14.1. The average Bonchev–Trinajstić information content (AvgIpc) is 3.14. The van der Waals surface area contributed by atoms with Crippen molar-refractivity contribution in [1.82, 2.24) is 14.8 Å². The zero-order chi connectivity index (χ0) is 20.8. The summed E-state index contributed by atoms with van der Waals surface area (Å²) < 4.78 is 12.6. The van der Waals surface area contributed by atoms with Crippen LogP contribution in [0, 0.1) is 6.92 Å². The molecule has 0 atom stereocenters. The Kier molecular flexibility index (Phi) is 6.93. The molecule has 152 valence electrons. The summed E-state index contributed by atoms with van der Waals surface area (Å²) in [6.45, 7) is 4.97. The normalized spacial score (nSPS) is 10.8. The first-order valence-corrected chi connectivity index (χ1v) is 10.4. The van der Waals surface area contributed by atoms with Crippen molar-refractivity contribution in [3.8, 4) is 22.9 Å². The summed E-state index contributed by atoms with van der Waals surface area (Å²) in [5, 5.41) is 9.49. The average molecular weight is 412 g/mol. The molecule has 0 bridgehead atoms. The van der Waals surface area contributed by atoms with Crippen molar-refractivity contribution in [3.63, 3.8) is 0 Å². The van der Waals surface area contributed by atoms with Gasteiger partial charge in [0.05, 0.1) is 20.0 Å². The zero-order valence-electron chi connectivity index (χ0n) is 17.1. The monoisotopic (exact) mass is 411 g/mol. The molecule has 1 aromatic heterocycles. The second-order valence-corrected chi connectivity index (χ2v) is 7.55. The van der Waals surface area contributed by atoms with E-state index in [9.17, 15) is 4.79 Å². The number of hydrogen-bond donors (Lipinski definition) is 0. The molecule has 7 heteroatoms. The summed E-state index contributed by atoms with van der Waals surface area (Å²) in [6, 6.07) is 13.4. The van der Waals surface area contributed by atoms with E-state index in [1.165, 1.54) is 17.3 Å².